The predicted molar refractivity (Wildman–Crippen MR) is 45.5 cm³/mol. The van der Waals surface area contributed by atoms with Gasteiger partial charge in [0.15, 0.2) is 0 Å². The first-order chi connectivity index (χ1) is 7.53. The van der Waals surface area contributed by atoms with E-state index in [0.717, 1.165) is 0 Å². The van der Waals surface area contributed by atoms with Gasteiger partial charge in [0.05, 0.1) is 23.7 Å². The van der Waals surface area contributed by atoms with Crippen LogP contribution in [0.4, 0.5) is 0 Å². The molecule has 2 aliphatic heterocycles. The molecule has 6 heteroatoms. The van der Waals surface area contributed by atoms with Crippen LogP contribution in [-0.2, 0) is 28.7 Å². The van der Waals surface area contributed by atoms with Crippen LogP contribution in [-0.4, -0.2) is 23.9 Å². The lowest BCUT2D eigenvalue weighted by molar-refractivity contribution is -0.172. The second-order valence-electron chi connectivity index (χ2n) is 4.52. The molecule has 0 aromatic heterocycles. The van der Waals surface area contributed by atoms with Gasteiger partial charge in [-0.2, -0.15) is 0 Å². The number of carbonyl (C=O) groups is 4. The molecule has 1 saturated carbocycles. The van der Waals surface area contributed by atoms with E-state index in [1.165, 1.54) is 0 Å². The monoisotopic (exact) mass is 224 g/mol. The first-order valence-electron chi connectivity index (χ1n) is 5.03. The van der Waals surface area contributed by atoms with Gasteiger partial charge in [-0.15, -0.1) is 0 Å². The normalized spacial score (nSPS) is 41.5. The lowest BCUT2D eigenvalue weighted by Crippen LogP contribution is -2.37. The second-order valence-corrected chi connectivity index (χ2v) is 4.52. The summed E-state index contributed by atoms with van der Waals surface area (Å²) in [5, 5.41) is 0. The van der Waals surface area contributed by atoms with Crippen LogP contribution in [0.25, 0.3) is 0 Å². The zero-order chi connectivity index (χ0) is 11.5. The molecule has 0 aromatic rings. The Hall–Kier alpha value is -1.72. The van der Waals surface area contributed by atoms with Crippen LogP contribution in [0.5, 0.6) is 0 Å². The molecule has 1 spiro atoms. The van der Waals surface area contributed by atoms with Crippen LogP contribution in [0.1, 0.15) is 19.3 Å². The summed E-state index contributed by atoms with van der Waals surface area (Å²) in [6, 6.07) is 0. The summed E-state index contributed by atoms with van der Waals surface area (Å²) in [5.74, 6) is -3.76. The predicted octanol–water partition coefficient (Wildman–Crippen LogP) is -0.444. The van der Waals surface area contributed by atoms with E-state index >= 15 is 0 Å². The van der Waals surface area contributed by atoms with Crippen molar-refractivity contribution in [3.05, 3.63) is 0 Å². The molecule has 2 saturated heterocycles. The second kappa shape index (κ2) is 2.69. The Balaban J connectivity index is 2.05. The lowest BCUT2D eigenvalue weighted by Gasteiger charge is -2.23. The highest BCUT2D eigenvalue weighted by Gasteiger charge is 2.65. The van der Waals surface area contributed by atoms with Crippen molar-refractivity contribution >= 4 is 23.9 Å². The molecule has 0 amide bonds. The number of ether oxygens (including phenoxy) is 2. The van der Waals surface area contributed by atoms with Crippen LogP contribution >= 0.6 is 0 Å². The number of hydrogen-bond acceptors (Lipinski definition) is 6. The summed E-state index contributed by atoms with van der Waals surface area (Å²) in [6.45, 7) is 0. The van der Waals surface area contributed by atoms with Gasteiger partial charge in [-0.1, -0.05) is 0 Å². The summed E-state index contributed by atoms with van der Waals surface area (Å²) in [4.78, 5) is 45.6. The molecular weight excluding hydrogens is 216 g/mol. The zero-order valence-corrected chi connectivity index (χ0v) is 8.23. The van der Waals surface area contributed by atoms with E-state index in [1.54, 1.807) is 0 Å². The average Bonchev–Trinajstić information content (AvgIpc) is 2.66. The van der Waals surface area contributed by atoms with E-state index in [-0.39, 0.29) is 12.8 Å². The molecule has 0 radical (unpaired) electrons. The topological polar surface area (TPSA) is 86.7 Å². The van der Waals surface area contributed by atoms with Gasteiger partial charge >= 0.3 is 23.9 Å². The molecular formula is C10H8O6. The van der Waals surface area contributed by atoms with Crippen molar-refractivity contribution in [2.75, 3.05) is 0 Å². The summed E-state index contributed by atoms with van der Waals surface area (Å²) in [5.41, 5.74) is -1.13. The molecule has 2 unspecified atom stereocenters. The fourth-order valence-corrected chi connectivity index (χ4v) is 2.92. The molecule has 3 rings (SSSR count). The van der Waals surface area contributed by atoms with Crippen molar-refractivity contribution in [2.45, 2.75) is 19.3 Å². The van der Waals surface area contributed by atoms with Gasteiger partial charge in [0.25, 0.3) is 0 Å². The Morgan fingerprint density at radius 2 is 1.81 bits per heavy atom. The van der Waals surface area contributed by atoms with E-state index in [4.69, 9.17) is 0 Å². The lowest BCUT2D eigenvalue weighted by atomic mass is 9.76. The van der Waals surface area contributed by atoms with Crippen molar-refractivity contribution in [1.82, 2.24) is 0 Å². The summed E-state index contributed by atoms with van der Waals surface area (Å²) < 4.78 is 9.04. The van der Waals surface area contributed by atoms with Crippen LogP contribution in [0.2, 0.25) is 0 Å². The quantitative estimate of drug-likeness (QED) is 0.409. The number of fused-ring (bicyclic) bond motifs is 3. The Kier molecular flexibility index (Phi) is 1.60. The first kappa shape index (κ1) is 9.50. The van der Waals surface area contributed by atoms with Gasteiger partial charge in [0.1, 0.15) is 0 Å². The molecule has 3 aliphatic rings. The van der Waals surface area contributed by atoms with Gasteiger partial charge in [0, 0.05) is 0 Å². The highest BCUT2D eigenvalue weighted by atomic mass is 16.6. The maximum Gasteiger partial charge on any atom is 0.321 e. The summed E-state index contributed by atoms with van der Waals surface area (Å²) in [7, 11) is 0. The van der Waals surface area contributed by atoms with Gasteiger partial charge in [-0.05, 0) is 12.8 Å². The third-order valence-electron chi connectivity index (χ3n) is 3.69. The Morgan fingerprint density at radius 1 is 1.06 bits per heavy atom. The number of cyclic esters (lactones) is 4. The Bertz CT molecular complexity index is 439. The molecule has 84 valence electrons. The molecule has 6 nitrogen and oxygen atoms in total. The first-order valence-corrected chi connectivity index (χ1v) is 5.03. The van der Waals surface area contributed by atoms with Crippen molar-refractivity contribution < 1.29 is 28.7 Å². The van der Waals surface area contributed by atoms with E-state index in [2.05, 4.69) is 9.47 Å². The van der Waals surface area contributed by atoms with Crippen LogP contribution < -0.4 is 0 Å². The smallest absolute Gasteiger partial charge is 0.321 e. The summed E-state index contributed by atoms with van der Waals surface area (Å²) >= 11 is 0. The molecule has 0 aromatic carbocycles. The van der Waals surface area contributed by atoms with Crippen LogP contribution in [0.15, 0.2) is 0 Å². The third kappa shape index (κ3) is 0.963. The van der Waals surface area contributed by atoms with Crippen LogP contribution in [0, 0.1) is 17.3 Å². The number of hydrogen-bond donors (Lipinski definition) is 0. The number of carbonyl (C=O) groups excluding carboxylic acids is 4. The maximum absolute atomic E-state index is 11.6. The molecule has 1 aliphatic carbocycles. The molecule has 3 fully saturated rings. The fourth-order valence-electron chi connectivity index (χ4n) is 2.92. The Morgan fingerprint density at radius 3 is 2.44 bits per heavy atom. The van der Waals surface area contributed by atoms with Crippen molar-refractivity contribution in [1.29, 1.82) is 0 Å². The molecule has 3 atom stereocenters. The SMILES string of the molecule is O=C1CC2(CC3C[C@@H]2C(=O)OC3=O)C(=O)O1. The fraction of sp³-hybridized carbons (Fsp3) is 0.600. The molecule has 16 heavy (non-hydrogen) atoms. The van der Waals surface area contributed by atoms with Gasteiger partial charge in [-0.3, -0.25) is 19.2 Å². The summed E-state index contributed by atoms with van der Waals surface area (Å²) in [6.07, 6.45) is 0.363. The number of rotatable bonds is 0. The molecule has 2 bridgehead atoms. The average molecular weight is 224 g/mol. The minimum atomic E-state index is -1.13. The van der Waals surface area contributed by atoms with E-state index in [0.29, 0.717) is 6.42 Å². The highest BCUT2D eigenvalue weighted by molar-refractivity contribution is 6.04. The van der Waals surface area contributed by atoms with Gasteiger partial charge < -0.3 is 9.47 Å². The Labute approximate surface area is 89.9 Å². The third-order valence-corrected chi connectivity index (χ3v) is 3.69. The van der Waals surface area contributed by atoms with Gasteiger partial charge in [0.2, 0.25) is 0 Å². The van der Waals surface area contributed by atoms with Gasteiger partial charge in [-0.25, -0.2) is 0 Å². The van der Waals surface area contributed by atoms with E-state index < -0.39 is 41.1 Å². The highest BCUT2D eigenvalue weighted by Crippen LogP contribution is 2.55. The largest absolute Gasteiger partial charge is 0.393 e. The minimum Gasteiger partial charge on any atom is -0.393 e. The van der Waals surface area contributed by atoms with Crippen LogP contribution in [0.3, 0.4) is 0 Å². The zero-order valence-electron chi connectivity index (χ0n) is 8.23. The maximum atomic E-state index is 11.6. The van der Waals surface area contributed by atoms with Crippen molar-refractivity contribution in [3.63, 3.8) is 0 Å². The van der Waals surface area contributed by atoms with Crippen molar-refractivity contribution in [2.24, 2.45) is 17.3 Å². The van der Waals surface area contributed by atoms with E-state index in [1.807, 2.05) is 0 Å². The standard InChI is InChI=1S/C10H8O6/c11-6-3-10(9(14)15-6)2-4-1-5(10)8(13)16-7(4)12/h4-5H,1-3H2/t4?,5-,10?/m1/s1. The number of esters is 4. The molecule has 0 N–H and O–H groups in total. The van der Waals surface area contributed by atoms with Crippen molar-refractivity contribution in [3.8, 4) is 0 Å². The molecule has 2 heterocycles. The minimum absolute atomic E-state index is 0.116. The van der Waals surface area contributed by atoms with E-state index in [9.17, 15) is 19.2 Å².